The molecule has 1 aromatic heterocycles. The topological polar surface area (TPSA) is 62.2 Å². The Bertz CT molecular complexity index is 819. The van der Waals surface area contributed by atoms with Crippen LogP contribution >= 0.6 is 11.6 Å². The van der Waals surface area contributed by atoms with Gasteiger partial charge in [0.1, 0.15) is 17.0 Å². The molecule has 0 aliphatic carbocycles. The molecule has 0 fully saturated rings. The molecular weight excluding hydrogens is 288 g/mol. The number of rotatable bonds is 2. The SMILES string of the molecule is O=C(Nc1ccccc1)c1ccc2c(Cl)ccc(O)c2n1. The first kappa shape index (κ1) is 13.4. The largest absolute Gasteiger partial charge is 0.506 e. The van der Waals surface area contributed by atoms with Crippen LogP contribution in [0.4, 0.5) is 5.69 Å². The number of phenolic OH excluding ortho intramolecular Hbond substituents is 1. The second-order valence-corrected chi connectivity index (χ2v) is 4.89. The number of carbonyl (C=O) groups excluding carboxylic acids is 1. The minimum absolute atomic E-state index is 0.0104. The number of benzene rings is 2. The van der Waals surface area contributed by atoms with E-state index < -0.39 is 0 Å². The molecular formula is C16H11ClN2O2. The Morgan fingerprint density at radius 3 is 2.57 bits per heavy atom. The van der Waals surface area contributed by atoms with Crippen LogP contribution in [0.1, 0.15) is 10.5 Å². The number of fused-ring (bicyclic) bond motifs is 1. The predicted octanol–water partition coefficient (Wildman–Crippen LogP) is 3.85. The summed E-state index contributed by atoms with van der Waals surface area (Å²) in [6.45, 7) is 0. The van der Waals surface area contributed by atoms with Crippen molar-refractivity contribution in [2.75, 3.05) is 5.32 Å². The number of aromatic hydroxyl groups is 1. The minimum Gasteiger partial charge on any atom is -0.506 e. The third-order valence-electron chi connectivity index (χ3n) is 3.05. The maximum Gasteiger partial charge on any atom is 0.274 e. The van der Waals surface area contributed by atoms with E-state index in [1.165, 1.54) is 6.07 Å². The number of aromatic nitrogens is 1. The second-order valence-electron chi connectivity index (χ2n) is 4.48. The normalized spacial score (nSPS) is 10.5. The fraction of sp³-hybridized carbons (Fsp3) is 0. The monoisotopic (exact) mass is 298 g/mol. The van der Waals surface area contributed by atoms with Gasteiger partial charge in [0.05, 0.1) is 5.02 Å². The first-order valence-corrected chi connectivity index (χ1v) is 6.67. The number of hydrogen-bond donors (Lipinski definition) is 2. The predicted molar refractivity (Wildman–Crippen MR) is 82.8 cm³/mol. The maximum atomic E-state index is 12.2. The number of halogens is 1. The van der Waals surface area contributed by atoms with Gasteiger partial charge in [0.15, 0.2) is 0 Å². The Morgan fingerprint density at radius 2 is 1.81 bits per heavy atom. The molecule has 0 aliphatic heterocycles. The molecule has 0 unspecified atom stereocenters. The summed E-state index contributed by atoms with van der Waals surface area (Å²) < 4.78 is 0. The lowest BCUT2D eigenvalue weighted by molar-refractivity contribution is 0.102. The molecule has 0 saturated heterocycles. The van der Waals surface area contributed by atoms with Crippen LogP contribution in [0.25, 0.3) is 10.9 Å². The molecule has 2 N–H and O–H groups in total. The molecule has 0 aliphatic rings. The van der Waals surface area contributed by atoms with Crippen molar-refractivity contribution in [3.8, 4) is 5.75 Å². The van der Waals surface area contributed by atoms with Crippen LogP contribution in [-0.2, 0) is 0 Å². The van der Waals surface area contributed by atoms with Crippen molar-refractivity contribution in [2.45, 2.75) is 0 Å². The van der Waals surface area contributed by atoms with Crippen molar-refractivity contribution in [3.05, 3.63) is 65.3 Å². The van der Waals surface area contributed by atoms with Gasteiger partial charge in [-0.15, -0.1) is 0 Å². The van der Waals surface area contributed by atoms with Crippen LogP contribution in [0.2, 0.25) is 5.02 Å². The Labute approximate surface area is 126 Å². The van der Waals surface area contributed by atoms with E-state index in [0.717, 1.165) is 0 Å². The second kappa shape index (κ2) is 5.42. The molecule has 1 amide bonds. The van der Waals surface area contributed by atoms with Gasteiger partial charge < -0.3 is 10.4 Å². The standard InChI is InChI=1S/C16H11ClN2O2/c17-12-7-9-14(20)15-11(12)6-8-13(19-15)16(21)18-10-4-2-1-3-5-10/h1-9,20H,(H,18,21). The first-order valence-electron chi connectivity index (χ1n) is 6.30. The average molecular weight is 299 g/mol. The Hall–Kier alpha value is -2.59. The van der Waals surface area contributed by atoms with E-state index in [0.29, 0.717) is 21.6 Å². The summed E-state index contributed by atoms with van der Waals surface area (Å²) in [6.07, 6.45) is 0. The van der Waals surface area contributed by atoms with E-state index in [1.807, 2.05) is 18.2 Å². The molecule has 3 aromatic rings. The lowest BCUT2D eigenvalue weighted by Crippen LogP contribution is -2.13. The Morgan fingerprint density at radius 1 is 1.05 bits per heavy atom. The number of hydrogen-bond acceptors (Lipinski definition) is 3. The van der Waals surface area contributed by atoms with E-state index >= 15 is 0 Å². The van der Waals surface area contributed by atoms with Crippen molar-refractivity contribution in [2.24, 2.45) is 0 Å². The lowest BCUT2D eigenvalue weighted by atomic mass is 10.2. The fourth-order valence-corrected chi connectivity index (χ4v) is 2.23. The van der Waals surface area contributed by atoms with E-state index in [4.69, 9.17) is 11.6 Å². The number of nitrogens with one attached hydrogen (secondary N) is 1. The van der Waals surface area contributed by atoms with Gasteiger partial charge in [0.2, 0.25) is 0 Å². The van der Waals surface area contributed by atoms with Crippen molar-refractivity contribution >= 4 is 34.1 Å². The molecule has 0 spiro atoms. The number of amides is 1. The number of nitrogens with zero attached hydrogens (tertiary/aromatic N) is 1. The van der Waals surface area contributed by atoms with Crippen molar-refractivity contribution in [3.63, 3.8) is 0 Å². The highest BCUT2D eigenvalue weighted by molar-refractivity contribution is 6.35. The quantitative estimate of drug-likeness (QED) is 0.755. The van der Waals surface area contributed by atoms with Crippen LogP contribution < -0.4 is 5.32 Å². The zero-order valence-electron chi connectivity index (χ0n) is 10.9. The summed E-state index contributed by atoms with van der Waals surface area (Å²) in [5.41, 5.74) is 1.20. The van der Waals surface area contributed by atoms with Crippen molar-refractivity contribution < 1.29 is 9.90 Å². The van der Waals surface area contributed by atoms with Gasteiger partial charge in [-0.25, -0.2) is 4.98 Å². The number of pyridine rings is 1. The van der Waals surface area contributed by atoms with Gasteiger partial charge >= 0.3 is 0 Å². The molecule has 0 atom stereocenters. The molecule has 3 rings (SSSR count). The average Bonchev–Trinajstić information content (AvgIpc) is 2.52. The number of phenols is 1. The number of para-hydroxylation sites is 1. The molecule has 0 bridgehead atoms. The van der Waals surface area contributed by atoms with Gasteiger partial charge in [-0.05, 0) is 36.4 Å². The molecule has 0 radical (unpaired) electrons. The van der Waals surface area contributed by atoms with E-state index in [-0.39, 0.29) is 17.4 Å². The molecule has 1 heterocycles. The summed E-state index contributed by atoms with van der Waals surface area (Å²) in [7, 11) is 0. The summed E-state index contributed by atoms with van der Waals surface area (Å²) in [5, 5.41) is 13.7. The van der Waals surface area contributed by atoms with Crippen LogP contribution in [0, 0.1) is 0 Å². The zero-order chi connectivity index (χ0) is 14.8. The summed E-state index contributed by atoms with van der Waals surface area (Å²) in [5.74, 6) is -0.355. The summed E-state index contributed by atoms with van der Waals surface area (Å²) in [4.78, 5) is 16.4. The van der Waals surface area contributed by atoms with Gasteiger partial charge in [-0.1, -0.05) is 29.8 Å². The number of carbonyl (C=O) groups is 1. The van der Waals surface area contributed by atoms with E-state index in [1.54, 1.807) is 30.3 Å². The van der Waals surface area contributed by atoms with Crippen LogP contribution in [0.15, 0.2) is 54.6 Å². The highest BCUT2D eigenvalue weighted by Gasteiger charge is 2.12. The van der Waals surface area contributed by atoms with Crippen LogP contribution in [0.3, 0.4) is 0 Å². The van der Waals surface area contributed by atoms with Gasteiger partial charge in [-0.3, -0.25) is 4.79 Å². The molecule has 104 valence electrons. The van der Waals surface area contributed by atoms with Gasteiger partial charge in [0, 0.05) is 11.1 Å². The van der Waals surface area contributed by atoms with E-state index in [2.05, 4.69) is 10.3 Å². The van der Waals surface area contributed by atoms with Gasteiger partial charge in [0.25, 0.3) is 5.91 Å². The van der Waals surface area contributed by atoms with Crippen molar-refractivity contribution in [1.82, 2.24) is 4.98 Å². The van der Waals surface area contributed by atoms with E-state index in [9.17, 15) is 9.90 Å². The fourth-order valence-electron chi connectivity index (χ4n) is 2.01. The number of anilines is 1. The van der Waals surface area contributed by atoms with Crippen molar-refractivity contribution in [1.29, 1.82) is 0 Å². The smallest absolute Gasteiger partial charge is 0.274 e. The third-order valence-corrected chi connectivity index (χ3v) is 3.38. The Balaban J connectivity index is 1.98. The third kappa shape index (κ3) is 2.66. The van der Waals surface area contributed by atoms with Crippen LogP contribution in [-0.4, -0.2) is 16.0 Å². The minimum atomic E-state index is -0.345. The molecule has 4 nitrogen and oxygen atoms in total. The first-order chi connectivity index (χ1) is 10.1. The summed E-state index contributed by atoms with van der Waals surface area (Å²) >= 11 is 6.04. The van der Waals surface area contributed by atoms with Gasteiger partial charge in [-0.2, -0.15) is 0 Å². The Kier molecular flexibility index (Phi) is 3.46. The molecule has 0 saturated carbocycles. The maximum absolute atomic E-state index is 12.2. The molecule has 2 aromatic carbocycles. The lowest BCUT2D eigenvalue weighted by Gasteiger charge is -2.07. The molecule has 5 heteroatoms. The molecule has 21 heavy (non-hydrogen) atoms. The van der Waals surface area contributed by atoms with Crippen LogP contribution in [0.5, 0.6) is 5.75 Å². The highest BCUT2D eigenvalue weighted by atomic mass is 35.5. The highest BCUT2D eigenvalue weighted by Crippen LogP contribution is 2.29. The summed E-state index contributed by atoms with van der Waals surface area (Å²) in [6, 6.07) is 15.4. The zero-order valence-corrected chi connectivity index (χ0v) is 11.6.